The van der Waals surface area contributed by atoms with E-state index >= 15 is 0 Å². The van der Waals surface area contributed by atoms with E-state index in [4.69, 9.17) is 16.2 Å². The van der Waals surface area contributed by atoms with E-state index < -0.39 is 17.6 Å². The molecule has 0 spiro atoms. The Morgan fingerprint density at radius 2 is 1.75 bits per heavy atom. The summed E-state index contributed by atoms with van der Waals surface area (Å²) in [5, 5.41) is 5.47. The summed E-state index contributed by atoms with van der Waals surface area (Å²) in [6.45, 7) is 3.96. The number of aromatic nitrogens is 2. The van der Waals surface area contributed by atoms with Gasteiger partial charge in [-0.1, -0.05) is 24.8 Å². The van der Waals surface area contributed by atoms with E-state index in [1.807, 2.05) is 0 Å². The van der Waals surface area contributed by atoms with Crippen molar-refractivity contribution in [3.63, 3.8) is 0 Å². The van der Waals surface area contributed by atoms with Crippen LogP contribution >= 0.6 is 0 Å². The van der Waals surface area contributed by atoms with E-state index in [1.54, 1.807) is 30.3 Å². The second kappa shape index (κ2) is 11.6. The van der Waals surface area contributed by atoms with Crippen molar-refractivity contribution in [2.24, 2.45) is 11.5 Å². The molecule has 0 aliphatic heterocycles. The van der Waals surface area contributed by atoms with Gasteiger partial charge in [0.2, 0.25) is 0 Å². The number of hydrogen-bond donors (Lipinski definition) is 4. The highest BCUT2D eigenvalue weighted by Crippen LogP contribution is 2.29. The largest absolute Gasteiger partial charge is 0.490 e. The van der Waals surface area contributed by atoms with E-state index in [0.717, 1.165) is 6.07 Å². The Kier molecular flexibility index (Phi) is 8.29. The topological polar surface area (TPSA) is 128 Å². The first-order valence-corrected chi connectivity index (χ1v) is 10.5. The zero-order chi connectivity index (χ0) is 26.1. The van der Waals surface area contributed by atoms with Crippen molar-refractivity contribution >= 4 is 23.1 Å². The SMILES string of the molecule is C=CCOc1ccc(C(=C/N)/C(=C\N)NC(=O)c2ccnc(Nc3ccc(C(F)(F)F)cn3)c2)cc1. The summed E-state index contributed by atoms with van der Waals surface area (Å²) in [5.41, 5.74) is 12.3. The zero-order valence-electron chi connectivity index (χ0n) is 18.9. The number of carbonyl (C=O) groups is 1. The maximum absolute atomic E-state index is 12.9. The van der Waals surface area contributed by atoms with Gasteiger partial charge in [0.1, 0.15) is 24.0 Å². The second-order valence-corrected chi connectivity index (χ2v) is 7.22. The monoisotopic (exact) mass is 496 g/mol. The van der Waals surface area contributed by atoms with Gasteiger partial charge in [-0.15, -0.1) is 0 Å². The van der Waals surface area contributed by atoms with Crippen LogP contribution in [0.3, 0.4) is 0 Å². The Morgan fingerprint density at radius 3 is 2.33 bits per heavy atom. The standard InChI is InChI=1S/C25H23F3N6O2/c1-2-11-36-19-6-3-16(4-7-19)20(13-29)21(14-30)33-24(35)17-9-10-31-23(12-17)34-22-8-5-18(15-32-22)25(26,27)28/h2-10,12-15H,1,11,29-30H2,(H,33,35)(H,31,32,34)/b20-13-,21-14+. The molecule has 0 unspecified atom stereocenters. The fourth-order valence-corrected chi connectivity index (χ4v) is 3.03. The highest BCUT2D eigenvalue weighted by Gasteiger charge is 2.30. The minimum Gasteiger partial charge on any atom is -0.490 e. The molecule has 0 saturated heterocycles. The number of anilines is 2. The second-order valence-electron chi connectivity index (χ2n) is 7.22. The lowest BCUT2D eigenvalue weighted by Gasteiger charge is -2.14. The lowest BCUT2D eigenvalue weighted by molar-refractivity contribution is -0.137. The molecule has 0 saturated carbocycles. The molecule has 1 aromatic carbocycles. The molecule has 0 atom stereocenters. The van der Waals surface area contributed by atoms with E-state index in [2.05, 4.69) is 27.2 Å². The lowest BCUT2D eigenvalue weighted by Crippen LogP contribution is -2.25. The molecule has 0 radical (unpaired) electrons. The Hall–Kier alpha value is -4.80. The van der Waals surface area contributed by atoms with Crippen LogP contribution in [0.4, 0.5) is 24.8 Å². The van der Waals surface area contributed by atoms with Crippen LogP contribution in [-0.2, 0) is 6.18 Å². The third-order valence-electron chi connectivity index (χ3n) is 4.77. The maximum atomic E-state index is 12.9. The van der Waals surface area contributed by atoms with E-state index in [-0.39, 0.29) is 22.9 Å². The number of amides is 1. The van der Waals surface area contributed by atoms with Crippen LogP contribution in [0.15, 0.2) is 91.7 Å². The third kappa shape index (κ3) is 6.63. The zero-order valence-corrected chi connectivity index (χ0v) is 18.9. The number of benzene rings is 1. The number of hydrogen-bond acceptors (Lipinski definition) is 7. The Labute approximate surface area is 205 Å². The van der Waals surface area contributed by atoms with Crippen LogP contribution in [0.1, 0.15) is 21.5 Å². The highest BCUT2D eigenvalue weighted by atomic mass is 19.4. The van der Waals surface area contributed by atoms with Crippen molar-refractivity contribution in [1.82, 2.24) is 15.3 Å². The first-order valence-electron chi connectivity index (χ1n) is 10.5. The van der Waals surface area contributed by atoms with Crippen LogP contribution in [-0.4, -0.2) is 22.5 Å². The maximum Gasteiger partial charge on any atom is 0.417 e. The number of nitrogens with zero attached hydrogens (tertiary/aromatic N) is 2. The van der Waals surface area contributed by atoms with Gasteiger partial charge in [0.25, 0.3) is 5.91 Å². The van der Waals surface area contributed by atoms with Gasteiger partial charge in [-0.05, 0) is 42.0 Å². The average Bonchev–Trinajstić information content (AvgIpc) is 2.87. The predicted molar refractivity (Wildman–Crippen MR) is 131 cm³/mol. The first kappa shape index (κ1) is 25.8. The minimum atomic E-state index is -4.49. The molecule has 186 valence electrons. The number of allylic oxidation sites excluding steroid dienone is 1. The molecule has 11 heteroatoms. The van der Waals surface area contributed by atoms with Gasteiger partial charge in [0.15, 0.2) is 0 Å². The van der Waals surface area contributed by atoms with Crippen molar-refractivity contribution < 1.29 is 22.7 Å². The lowest BCUT2D eigenvalue weighted by atomic mass is 10.0. The van der Waals surface area contributed by atoms with Crippen molar-refractivity contribution in [2.75, 3.05) is 11.9 Å². The summed E-state index contributed by atoms with van der Waals surface area (Å²) in [5.74, 6) is 0.460. The molecule has 0 bridgehead atoms. The average molecular weight is 496 g/mol. The summed E-state index contributed by atoms with van der Waals surface area (Å²) in [6.07, 6.45) is 1.74. The van der Waals surface area contributed by atoms with Crippen LogP contribution in [0.2, 0.25) is 0 Å². The van der Waals surface area contributed by atoms with Crippen LogP contribution in [0, 0.1) is 0 Å². The summed E-state index contributed by atoms with van der Waals surface area (Å²) in [7, 11) is 0. The van der Waals surface area contributed by atoms with Gasteiger partial charge in [0, 0.05) is 35.9 Å². The Morgan fingerprint density at radius 1 is 1.00 bits per heavy atom. The molecule has 8 nitrogen and oxygen atoms in total. The number of pyridine rings is 2. The molecule has 0 aliphatic carbocycles. The number of rotatable bonds is 9. The number of ether oxygens (including phenoxy) is 1. The van der Waals surface area contributed by atoms with Crippen LogP contribution < -0.4 is 26.8 Å². The molecule has 0 aliphatic rings. The number of alkyl halides is 3. The minimum absolute atomic E-state index is 0.129. The summed E-state index contributed by atoms with van der Waals surface area (Å²) in [6, 6.07) is 12.0. The fraction of sp³-hybridized carbons (Fsp3) is 0.0800. The summed E-state index contributed by atoms with van der Waals surface area (Å²) in [4.78, 5) is 20.7. The quantitative estimate of drug-likeness (QED) is 0.256. The smallest absolute Gasteiger partial charge is 0.417 e. The molecule has 36 heavy (non-hydrogen) atoms. The molecule has 3 aromatic rings. The summed E-state index contributed by atoms with van der Waals surface area (Å²) < 4.78 is 43.6. The number of nitrogens with two attached hydrogens (primary N) is 2. The number of halogens is 3. The van der Waals surface area contributed by atoms with Crippen LogP contribution in [0.25, 0.3) is 5.57 Å². The molecule has 2 heterocycles. The van der Waals surface area contributed by atoms with Gasteiger partial charge < -0.3 is 26.8 Å². The van der Waals surface area contributed by atoms with Crippen LogP contribution in [0.5, 0.6) is 5.75 Å². The molecular formula is C25H23F3N6O2. The Balaban J connectivity index is 1.72. The van der Waals surface area contributed by atoms with Gasteiger partial charge >= 0.3 is 6.18 Å². The van der Waals surface area contributed by atoms with E-state index in [0.29, 0.717) is 29.7 Å². The van der Waals surface area contributed by atoms with E-state index in [1.165, 1.54) is 36.8 Å². The molecule has 1 amide bonds. The fourth-order valence-electron chi connectivity index (χ4n) is 3.03. The normalized spacial score (nSPS) is 12.1. The van der Waals surface area contributed by atoms with Crippen molar-refractivity contribution in [1.29, 1.82) is 0 Å². The third-order valence-corrected chi connectivity index (χ3v) is 4.77. The molecule has 0 fully saturated rings. The molecular weight excluding hydrogens is 473 g/mol. The van der Waals surface area contributed by atoms with Crippen molar-refractivity contribution in [3.05, 3.63) is 108 Å². The van der Waals surface area contributed by atoms with E-state index in [9.17, 15) is 18.0 Å². The van der Waals surface area contributed by atoms with Gasteiger partial charge in [-0.25, -0.2) is 9.97 Å². The predicted octanol–water partition coefficient (Wildman–Crippen LogP) is 4.33. The first-order chi connectivity index (χ1) is 17.2. The molecule has 3 rings (SSSR count). The highest BCUT2D eigenvalue weighted by molar-refractivity contribution is 5.98. The Bertz CT molecular complexity index is 1270. The number of carbonyl (C=O) groups excluding carboxylic acids is 1. The number of nitrogens with one attached hydrogen (secondary N) is 2. The molecule has 2 aromatic heterocycles. The summed E-state index contributed by atoms with van der Waals surface area (Å²) >= 11 is 0. The van der Waals surface area contributed by atoms with Gasteiger partial charge in [0.05, 0.1) is 11.3 Å². The van der Waals surface area contributed by atoms with Gasteiger partial charge in [-0.3, -0.25) is 4.79 Å². The van der Waals surface area contributed by atoms with Gasteiger partial charge in [-0.2, -0.15) is 13.2 Å². The van der Waals surface area contributed by atoms with Crippen molar-refractivity contribution in [3.8, 4) is 5.75 Å². The molecule has 6 N–H and O–H groups in total. The van der Waals surface area contributed by atoms with Crippen molar-refractivity contribution in [2.45, 2.75) is 6.18 Å².